The van der Waals surface area contributed by atoms with E-state index in [1.165, 1.54) is 31.2 Å². The van der Waals surface area contributed by atoms with Crippen molar-refractivity contribution in [3.63, 3.8) is 0 Å². The number of nitrogens with zero attached hydrogens (tertiary/aromatic N) is 1. The first-order valence-electron chi connectivity index (χ1n) is 13.2. The molecule has 0 saturated carbocycles. The second-order valence-corrected chi connectivity index (χ2v) is 12.3. The molecule has 41 heavy (non-hydrogen) atoms. The van der Waals surface area contributed by atoms with Gasteiger partial charge in [-0.15, -0.1) is 0 Å². The molecule has 1 aliphatic rings. The van der Waals surface area contributed by atoms with E-state index in [9.17, 15) is 31.2 Å². The van der Waals surface area contributed by atoms with Crippen LogP contribution in [0.25, 0.3) is 0 Å². The molecule has 1 saturated heterocycles. The van der Waals surface area contributed by atoms with Crippen molar-refractivity contribution in [2.45, 2.75) is 56.5 Å². The quantitative estimate of drug-likeness (QED) is 0.340. The van der Waals surface area contributed by atoms with Gasteiger partial charge >= 0.3 is 6.18 Å². The number of nitrogens with one attached hydrogen (secondary N) is 1. The van der Waals surface area contributed by atoms with Gasteiger partial charge < -0.3 is 15.0 Å². The monoisotopic (exact) mass is 588 g/mol. The maximum absolute atomic E-state index is 12.9. The average Bonchev–Trinajstić information content (AvgIpc) is 3.32. The lowest BCUT2D eigenvalue weighted by atomic mass is 10.1. The molecule has 0 aromatic heterocycles. The fraction of sp³-hybridized carbons (Fsp3) is 0.333. The summed E-state index contributed by atoms with van der Waals surface area (Å²) in [4.78, 5) is 26.9. The number of carbonyl (C=O) groups excluding carboxylic acids is 2. The summed E-state index contributed by atoms with van der Waals surface area (Å²) in [5, 5.41) is 2.82. The van der Waals surface area contributed by atoms with E-state index in [0.717, 1.165) is 23.4 Å². The van der Waals surface area contributed by atoms with Gasteiger partial charge in [0.05, 0.1) is 22.8 Å². The second kappa shape index (κ2) is 12.3. The van der Waals surface area contributed by atoms with Crippen LogP contribution in [0, 0.1) is 0 Å². The zero-order valence-electron chi connectivity index (χ0n) is 22.6. The Bertz CT molecular complexity index is 1470. The van der Waals surface area contributed by atoms with E-state index in [0.29, 0.717) is 24.3 Å². The summed E-state index contributed by atoms with van der Waals surface area (Å²) in [5.41, 5.74) is 1.22. The normalized spacial score (nSPS) is 17.3. The summed E-state index contributed by atoms with van der Waals surface area (Å²) in [5.74, 6) is 0.0392. The first-order chi connectivity index (χ1) is 19.4. The van der Waals surface area contributed by atoms with Crippen molar-refractivity contribution in [1.29, 1.82) is 0 Å². The van der Waals surface area contributed by atoms with Gasteiger partial charge in [0, 0.05) is 36.7 Å². The number of rotatable bonds is 10. The summed E-state index contributed by atoms with van der Waals surface area (Å²) >= 11 is 0. The molecule has 0 spiro atoms. The van der Waals surface area contributed by atoms with Gasteiger partial charge in [-0.3, -0.25) is 9.59 Å². The highest BCUT2D eigenvalue weighted by atomic mass is 32.2. The van der Waals surface area contributed by atoms with Gasteiger partial charge in [-0.1, -0.05) is 19.1 Å². The number of ketones is 1. The van der Waals surface area contributed by atoms with Crippen LogP contribution in [0.5, 0.6) is 5.75 Å². The van der Waals surface area contributed by atoms with Crippen molar-refractivity contribution in [2.75, 3.05) is 17.2 Å². The van der Waals surface area contributed by atoms with Crippen LogP contribution in [-0.2, 0) is 27.4 Å². The van der Waals surface area contributed by atoms with Crippen LogP contribution in [0.1, 0.15) is 48.2 Å². The number of Topliss-reactive ketones (excluding diaryl/α,β-unsaturated/α-hetero) is 1. The smallest absolute Gasteiger partial charge is 0.416 e. The molecule has 7 nitrogen and oxygen atoms in total. The van der Waals surface area contributed by atoms with Crippen molar-refractivity contribution in [2.24, 2.45) is 0 Å². The van der Waals surface area contributed by atoms with Crippen LogP contribution in [-0.4, -0.2) is 44.6 Å². The Morgan fingerprint density at radius 1 is 0.976 bits per heavy atom. The highest BCUT2D eigenvalue weighted by Gasteiger charge is 2.35. The number of halogens is 3. The van der Waals surface area contributed by atoms with Crippen molar-refractivity contribution < 1.29 is 35.9 Å². The Kier molecular flexibility index (Phi) is 9.06. The van der Waals surface area contributed by atoms with Crippen LogP contribution in [0.2, 0.25) is 0 Å². The largest absolute Gasteiger partial charge is 0.489 e. The van der Waals surface area contributed by atoms with Gasteiger partial charge in [0.15, 0.2) is 9.84 Å². The van der Waals surface area contributed by atoms with E-state index in [1.54, 1.807) is 43.3 Å². The molecule has 3 aromatic rings. The van der Waals surface area contributed by atoms with E-state index in [1.807, 2.05) is 4.90 Å². The number of benzene rings is 3. The molecule has 1 amide bonds. The Morgan fingerprint density at radius 2 is 1.61 bits per heavy atom. The molecule has 1 heterocycles. The van der Waals surface area contributed by atoms with Crippen LogP contribution < -0.4 is 15.0 Å². The van der Waals surface area contributed by atoms with E-state index in [-0.39, 0.29) is 47.5 Å². The molecule has 0 bridgehead atoms. The highest BCUT2D eigenvalue weighted by Crippen LogP contribution is 2.33. The lowest BCUT2D eigenvalue weighted by molar-refractivity contribution is -0.137. The van der Waals surface area contributed by atoms with Crippen molar-refractivity contribution in [3.8, 4) is 5.75 Å². The molecule has 2 atom stereocenters. The topological polar surface area (TPSA) is 92.8 Å². The van der Waals surface area contributed by atoms with Crippen molar-refractivity contribution >= 4 is 27.2 Å². The predicted molar refractivity (Wildman–Crippen MR) is 149 cm³/mol. The predicted octanol–water partition coefficient (Wildman–Crippen LogP) is 5.43. The average molecular weight is 589 g/mol. The van der Waals surface area contributed by atoms with Crippen LogP contribution in [0.15, 0.2) is 77.7 Å². The molecule has 218 valence electrons. The number of hydrogen-bond donors (Lipinski definition) is 1. The first-order valence-corrected chi connectivity index (χ1v) is 14.8. The molecule has 3 aromatic carbocycles. The number of ether oxygens (including phenoxy) is 1. The molecule has 1 N–H and O–H groups in total. The molecular formula is C30H31F3N2O5S. The third-order valence-electron chi connectivity index (χ3n) is 6.96. The fourth-order valence-electron chi connectivity index (χ4n) is 4.79. The van der Waals surface area contributed by atoms with Crippen LogP contribution >= 0.6 is 0 Å². The summed E-state index contributed by atoms with van der Waals surface area (Å²) in [6, 6.07) is 17.7. The molecule has 0 radical (unpaired) electrons. The Morgan fingerprint density at radius 3 is 2.17 bits per heavy atom. The standard InChI is InChI=1S/C30H31F3N2O5S/c1-3-41(38,39)28-14-4-21(5-15-28)18-34-29(37)22-6-10-24(11-7-22)35-19-27(17-25(35)16-20(2)36)40-26-12-8-23(9-13-26)30(31,32)33/h4-15,25,27H,3,16-19H2,1-2H3,(H,34,37)/t25-,27-/m1/s1. The van der Waals surface area contributed by atoms with Gasteiger partial charge in [-0.05, 0) is 73.2 Å². The Balaban J connectivity index is 1.39. The zero-order chi connectivity index (χ0) is 29.8. The zero-order valence-corrected chi connectivity index (χ0v) is 23.5. The van der Waals surface area contributed by atoms with Gasteiger partial charge in [0.25, 0.3) is 5.91 Å². The summed E-state index contributed by atoms with van der Waals surface area (Å²) < 4.78 is 68.5. The Hall–Kier alpha value is -3.86. The van der Waals surface area contributed by atoms with Gasteiger partial charge in [-0.2, -0.15) is 13.2 Å². The minimum atomic E-state index is -4.43. The van der Waals surface area contributed by atoms with Gasteiger partial charge in [0.2, 0.25) is 0 Å². The molecule has 0 unspecified atom stereocenters. The number of hydrogen-bond acceptors (Lipinski definition) is 6. The summed E-state index contributed by atoms with van der Waals surface area (Å²) in [6.45, 7) is 3.74. The lowest BCUT2D eigenvalue weighted by Gasteiger charge is -2.26. The molecule has 4 rings (SSSR count). The van der Waals surface area contributed by atoms with Crippen molar-refractivity contribution in [1.82, 2.24) is 5.32 Å². The lowest BCUT2D eigenvalue weighted by Crippen LogP contribution is -2.31. The number of amides is 1. The SMILES string of the molecule is CCS(=O)(=O)c1ccc(CNC(=O)c2ccc(N3C[C@H](Oc4ccc(C(F)(F)F)cc4)C[C@H]3CC(C)=O)cc2)cc1. The van der Waals surface area contributed by atoms with Crippen LogP contribution in [0.4, 0.5) is 18.9 Å². The maximum atomic E-state index is 12.9. The molecular weight excluding hydrogens is 557 g/mol. The van der Waals surface area contributed by atoms with Crippen LogP contribution in [0.3, 0.4) is 0 Å². The van der Waals surface area contributed by atoms with Crippen molar-refractivity contribution in [3.05, 3.63) is 89.5 Å². The first kappa shape index (κ1) is 30.1. The molecule has 1 aliphatic heterocycles. The van der Waals surface area contributed by atoms with Gasteiger partial charge in [-0.25, -0.2) is 8.42 Å². The second-order valence-electron chi connectivity index (χ2n) is 9.99. The number of alkyl halides is 3. The van der Waals surface area contributed by atoms with E-state index in [2.05, 4.69) is 5.32 Å². The Labute approximate surface area is 237 Å². The summed E-state index contributed by atoms with van der Waals surface area (Å²) in [6.07, 6.45) is -3.96. The third-order valence-corrected chi connectivity index (χ3v) is 8.71. The van der Waals surface area contributed by atoms with E-state index in [4.69, 9.17) is 4.74 Å². The molecule has 0 aliphatic carbocycles. The minimum absolute atomic E-state index is 0.00602. The van der Waals surface area contributed by atoms with E-state index < -0.39 is 21.6 Å². The third kappa shape index (κ3) is 7.66. The molecule has 1 fully saturated rings. The highest BCUT2D eigenvalue weighted by molar-refractivity contribution is 7.91. The fourth-order valence-corrected chi connectivity index (χ4v) is 5.67. The maximum Gasteiger partial charge on any atom is 0.416 e. The van der Waals surface area contributed by atoms with Gasteiger partial charge in [0.1, 0.15) is 17.6 Å². The summed E-state index contributed by atoms with van der Waals surface area (Å²) in [7, 11) is -3.29. The number of sulfone groups is 1. The number of anilines is 1. The number of carbonyl (C=O) groups is 2. The van der Waals surface area contributed by atoms with E-state index >= 15 is 0 Å². The minimum Gasteiger partial charge on any atom is -0.489 e. The molecule has 11 heteroatoms.